The number of nitrogens with zero attached hydrogens (tertiary/aromatic N) is 3. The number of ether oxygens (including phenoxy) is 2. The van der Waals surface area contributed by atoms with Crippen molar-refractivity contribution < 1.29 is 19.2 Å². The molecule has 0 saturated heterocycles. The molecule has 0 aliphatic rings. The number of anilines is 1. The fourth-order valence-corrected chi connectivity index (χ4v) is 1.80. The Labute approximate surface area is 137 Å². The van der Waals surface area contributed by atoms with Crippen molar-refractivity contribution in [3.63, 3.8) is 0 Å². The van der Waals surface area contributed by atoms with E-state index in [-0.39, 0.29) is 11.4 Å². The predicted molar refractivity (Wildman–Crippen MR) is 85.6 cm³/mol. The molecule has 2 rings (SSSR count). The molecule has 1 N–H and O–H groups in total. The Morgan fingerprint density at radius 3 is 2.46 bits per heavy atom. The normalized spacial score (nSPS) is 10.4. The second-order valence-corrected chi connectivity index (χ2v) is 4.49. The minimum atomic E-state index is -0.523. The van der Waals surface area contributed by atoms with Gasteiger partial charge in [-0.1, -0.05) is 5.22 Å². The van der Waals surface area contributed by atoms with Gasteiger partial charge in [0.1, 0.15) is 5.69 Å². The van der Waals surface area contributed by atoms with Gasteiger partial charge in [0.05, 0.1) is 36.5 Å². The van der Waals surface area contributed by atoms with E-state index in [9.17, 15) is 14.9 Å². The summed E-state index contributed by atoms with van der Waals surface area (Å²) in [6.45, 7) is 0. The molecule has 0 aromatic heterocycles. The molecular formula is C15H14N4O5. The highest BCUT2D eigenvalue weighted by molar-refractivity contribution is 5.89. The molecule has 0 unspecified atom stereocenters. The van der Waals surface area contributed by atoms with Crippen molar-refractivity contribution in [2.45, 2.75) is 0 Å². The van der Waals surface area contributed by atoms with Crippen LogP contribution in [0, 0.1) is 10.1 Å². The lowest BCUT2D eigenvalue weighted by atomic mass is 10.2. The SMILES string of the molecule is COC(=O)c1ccc(NN=Nc2ccc([N+](=O)[O-])cc2OC)cc1. The van der Waals surface area contributed by atoms with Crippen LogP contribution in [-0.4, -0.2) is 25.1 Å². The van der Waals surface area contributed by atoms with E-state index in [0.29, 0.717) is 16.9 Å². The molecular weight excluding hydrogens is 316 g/mol. The maximum absolute atomic E-state index is 11.3. The Kier molecular flexibility index (Phi) is 5.40. The Morgan fingerprint density at radius 1 is 1.17 bits per heavy atom. The fraction of sp³-hybridized carbons (Fsp3) is 0.133. The first kappa shape index (κ1) is 16.9. The number of nitro benzene ring substituents is 1. The molecule has 9 nitrogen and oxygen atoms in total. The Balaban J connectivity index is 2.08. The number of rotatable bonds is 6. The maximum Gasteiger partial charge on any atom is 0.337 e. The van der Waals surface area contributed by atoms with Gasteiger partial charge in [0, 0.05) is 6.07 Å². The first-order chi connectivity index (χ1) is 11.5. The van der Waals surface area contributed by atoms with Crippen LogP contribution in [0.3, 0.4) is 0 Å². The Morgan fingerprint density at radius 2 is 1.88 bits per heavy atom. The van der Waals surface area contributed by atoms with Crippen LogP contribution < -0.4 is 10.2 Å². The van der Waals surface area contributed by atoms with Gasteiger partial charge in [0.25, 0.3) is 5.69 Å². The number of hydrogen-bond donors (Lipinski definition) is 1. The second-order valence-electron chi connectivity index (χ2n) is 4.49. The zero-order valence-electron chi connectivity index (χ0n) is 12.9. The third-order valence-electron chi connectivity index (χ3n) is 3.02. The van der Waals surface area contributed by atoms with Gasteiger partial charge in [-0.25, -0.2) is 4.79 Å². The van der Waals surface area contributed by atoms with Gasteiger partial charge in [0.2, 0.25) is 0 Å². The van der Waals surface area contributed by atoms with Gasteiger partial charge in [-0.2, -0.15) is 0 Å². The van der Waals surface area contributed by atoms with Crippen molar-refractivity contribution in [1.29, 1.82) is 0 Å². The van der Waals surface area contributed by atoms with Crippen molar-refractivity contribution in [3.8, 4) is 5.75 Å². The summed E-state index contributed by atoms with van der Waals surface area (Å²) in [6, 6.07) is 10.4. The molecule has 0 atom stereocenters. The number of nitrogens with one attached hydrogen (secondary N) is 1. The van der Waals surface area contributed by atoms with Crippen LogP contribution in [0.5, 0.6) is 5.75 Å². The van der Waals surface area contributed by atoms with E-state index in [1.807, 2.05) is 0 Å². The number of benzene rings is 2. The molecule has 124 valence electrons. The second kappa shape index (κ2) is 7.68. The average Bonchev–Trinajstić information content (AvgIpc) is 2.61. The highest BCUT2D eigenvalue weighted by Crippen LogP contribution is 2.31. The van der Waals surface area contributed by atoms with Crippen molar-refractivity contribution in [3.05, 3.63) is 58.1 Å². The van der Waals surface area contributed by atoms with E-state index in [1.54, 1.807) is 24.3 Å². The lowest BCUT2D eigenvalue weighted by Gasteiger charge is -2.04. The van der Waals surface area contributed by atoms with Crippen LogP contribution in [0.25, 0.3) is 0 Å². The number of nitro groups is 1. The standard InChI is InChI=1S/C15H14N4O5/c1-23-14-9-12(19(21)22)7-8-13(14)17-18-16-11-5-3-10(4-6-11)15(20)24-2/h3-9H,1-2H3,(H,16,17). The molecule has 0 aliphatic heterocycles. The average molecular weight is 330 g/mol. The number of carbonyl (C=O) groups is 1. The molecule has 0 bridgehead atoms. The van der Waals surface area contributed by atoms with Crippen LogP contribution in [-0.2, 0) is 4.74 Å². The molecule has 2 aromatic carbocycles. The minimum absolute atomic E-state index is 0.0999. The first-order valence-corrected chi connectivity index (χ1v) is 6.72. The van der Waals surface area contributed by atoms with E-state index in [2.05, 4.69) is 20.5 Å². The van der Waals surface area contributed by atoms with Gasteiger partial charge in [-0.05, 0) is 30.3 Å². The van der Waals surface area contributed by atoms with E-state index in [4.69, 9.17) is 4.74 Å². The summed E-state index contributed by atoms with van der Waals surface area (Å²) in [4.78, 5) is 21.5. The lowest BCUT2D eigenvalue weighted by Crippen LogP contribution is -2.00. The number of carbonyl (C=O) groups excluding carboxylic acids is 1. The topological polar surface area (TPSA) is 115 Å². The van der Waals surface area contributed by atoms with Crippen LogP contribution in [0.2, 0.25) is 0 Å². The summed E-state index contributed by atoms with van der Waals surface area (Å²) in [6.07, 6.45) is 0. The summed E-state index contributed by atoms with van der Waals surface area (Å²) >= 11 is 0. The third-order valence-corrected chi connectivity index (χ3v) is 3.02. The first-order valence-electron chi connectivity index (χ1n) is 6.72. The molecule has 0 radical (unpaired) electrons. The van der Waals surface area contributed by atoms with Crippen LogP contribution in [0.1, 0.15) is 10.4 Å². The number of non-ortho nitro benzene ring substituents is 1. The molecule has 24 heavy (non-hydrogen) atoms. The van der Waals surface area contributed by atoms with Gasteiger partial charge < -0.3 is 9.47 Å². The summed E-state index contributed by atoms with van der Waals surface area (Å²) in [5, 5.41) is 18.4. The zero-order chi connectivity index (χ0) is 17.5. The summed E-state index contributed by atoms with van der Waals surface area (Å²) < 4.78 is 9.66. The van der Waals surface area contributed by atoms with E-state index in [1.165, 1.54) is 32.4 Å². The number of methoxy groups -OCH3 is 2. The molecule has 0 amide bonds. The molecule has 0 aliphatic carbocycles. The smallest absolute Gasteiger partial charge is 0.337 e. The molecule has 0 fully saturated rings. The molecule has 2 aromatic rings. The van der Waals surface area contributed by atoms with Crippen molar-refractivity contribution in [2.24, 2.45) is 10.3 Å². The van der Waals surface area contributed by atoms with Crippen LogP contribution >= 0.6 is 0 Å². The van der Waals surface area contributed by atoms with E-state index >= 15 is 0 Å². The highest BCUT2D eigenvalue weighted by atomic mass is 16.6. The Hall–Kier alpha value is -3.49. The highest BCUT2D eigenvalue weighted by Gasteiger charge is 2.11. The fourth-order valence-electron chi connectivity index (χ4n) is 1.80. The number of esters is 1. The van der Waals surface area contributed by atoms with Crippen molar-refractivity contribution in [1.82, 2.24) is 0 Å². The molecule has 0 heterocycles. The summed E-state index contributed by atoms with van der Waals surface area (Å²) in [5.74, 6) is -0.199. The largest absolute Gasteiger partial charge is 0.494 e. The van der Waals surface area contributed by atoms with Crippen LogP contribution in [0.15, 0.2) is 52.8 Å². The van der Waals surface area contributed by atoms with Crippen molar-refractivity contribution >= 4 is 23.0 Å². The maximum atomic E-state index is 11.3. The number of hydrogen-bond acceptors (Lipinski definition) is 7. The van der Waals surface area contributed by atoms with E-state index in [0.717, 1.165) is 0 Å². The van der Waals surface area contributed by atoms with E-state index < -0.39 is 10.9 Å². The molecule has 9 heteroatoms. The van der Waals surface area contributed by atoms with Gasteiger partial charge in [-0.3, -0.25) is 15.5 Å². The summed E-state index contributed by atoms with van der Waals surface area (Å²) in [7, 11) is 2.69. The van der Waals surface area contributed by atoms with Gasteiger partial charge in [-0.15, -0.1) is 5.11 Å². The zero-order valence-corrected chi connectivity index (χ0v) is 12.9. The minimum Gasteiger partial charge on any atom is -0.494 e. The van der Waals surface area contributed by atoms with Gasteiger partial charge in [0.15, 0.2) is 5.75 Å². The summed E-state index contributed by atoms with van der Waals surface area (Å²) in [5.41, 5.74) is 3.94. The quantitative estimate of drug-likeness (QED) is 0.375. The van der Waals surface area contributed by atoms with Gasteiger partial charge >= 0.3 is 5.97 Å². The van der Waals surface area contributed by atoms with Crippen molar-refractivity contribution in [2.75, 3.05) is 19.6 Å². The molecule has 0 spiro atoms. The third kappa shape index (κ3) is 4.03. The Bertz CT molecular complexity index is 774. The lowest BCUT2D eigenvalue weighted by molar-refractivity contribution is -0.384. The van der Waals surface area contributed by atoms with Crippen LogP contribution in [0.4, 0.5) is 17.1 Å². The molecule has 0 saturated carbocycles. The predicted octanol–water partition coefficient (Wildman–Crippen LogP) is 3.50. The monoisotopic (exact) mass is 330 g/mol.